The van der Waals surface area contributed by atoms with Crippen LogP contribution >= 0.6 is 0 Å². The van der Waals surface area contributed by atoms with Gasteiger partial charge in [0.05, 0.1) is 17.6 Å². The topological polar surface area (TPSA) is 62.8 Å². The molecule has 1 aliphatic rings. The van der Waals surface area contributed by atoms with Gasteiger partial charge >= 0.3 is 0 Å². The fourth-order valence-electron chi connectivity index (χ4n) is 1.88. The molecule has 0 saturated carbocycles. The van der Waals surface area contributed by atoms with Gasteiger partial charge in [-0.2, -0.15) is 5.10 Å². The molecule has 0 saturated heterocycles. The van der Waals surface area contributed by atoms with Crippen LogP contribution < -0.4 is 0 Å². The van der Waals surface area contributed by atoms with Gasteiger partial charge in [-0.05, 0) is 5.56 Å². The fraction of sp³-hybridized carbons (Fsp3) is 0.100. The molecular formula is C10H8N2O2S. The second-order valence-electron chi connectivity index (χ2n) is 3.53. The third kappa shape index (κ3) is 1.13. The van der Waals surface area contributed by atoms with E-state index in [1.165, 1.54) is 6.20 Å². The van der Waals surface area contributed by atoms with Gasteiger partial charge in [-0.25, -0.2) is 8.42 Å². The maximum absolute atomic E-state index is 11.8. The molecule has 3 rings (SSSR count). The molecule has 0 radical (unpaired) electrons. The van der Waals surface area contributed by atoms with Crippen molar-refractivity contribution in [3.63, 3.8) is 0 Å². The number of hydrogen-bond acceptors (Lipinski definition) is 3. The Morgan fingerprint density at radius 3 is 2.93 bits per heavy atom. The van der Waals surface area contributed by atoms with Crippen molar-refractivity contribution < 1.29 is 8.42 Å². The highest BCUT2D eigenvalue weighted by molar-refractivity contribution is 7.90. The molecule has 15 heavy (non-hydrogen) atoms. The van der Waals surface area contributed by atoms with Gasteiger partial charge in [0.25, 0.3) is 0 Å². The molecule has 5 heteroatoms. The molecule has 1 N–H and O–H groups in total. The van der Waals surface area contributed by atoms with Crippen molar-refractivity contribution in [1.82, 2.24) is 10.2 Å². The summed E-state index contributed by atoms with van der Waals surface area (Å²) in [4.78, 5) is 0.307. The summed E-state index contributed by atoms with van der Waals surface area (Å²) in [5.41, 5.74) is 2.37. The maximum atomic E-state index is 11.8. The van der Waals surface area contributed by atoms with Gasteiger partial charge in [0, 0.05) is 5.56 Å². The zero-order valence-corrected chi connectivity index (χ0v) is 8.58. The molecular weight excluding hydrogens is 212 g/mol. The number of aromatic nitrogens is 2. The van der Waals surface area contributed by atoms with Crippen LogP contribution in [0.2, 0.25) is 0 Å². The molecule has 0 unspecified atom stereocenters. The Labute approximate surface area is 86.9 Å². The normalized spacial score (nSPS) is 16.8. The number of rotatable bonds is 0. The molecule has 0 amide bonds. The minimum Gasteiger partial charge on any atom is -0.276 e. The number of fused-ring (bicyclic) bond motifs is 3. The van der Waals surface area contributed by atoms with E-state index in [-0.39, 0.29) is 5.75 Å². The summed E-state index contributed by atoms with van der Waals surface area (Å²) >= 11 is 0. The maximum Gasteiger partial charge on any atom is 0.186 e. The van der Waals surface area contributed by atoms with Crippen molar-refractivity contribution in [2.75, 3.05) is 0 Å². The highest BCUT2D eigenvalue weighted by atomic mass is 32.2. The predicted molar refractivity (Wildman–Crippen MR) is 54.9 cm³/mol. The number of nitrogens with zero attached hydrogens (tertiary/aromatic N) is 1. The number of sulfone groups is 1. The number of nitrogens with one attached hydrogen (secondary N) is 1. The summed E-state index contributed by atoms with van der Waals surface area (Å²) < 4.78 is 23.7. The SMILES string of the molecule is O=S1(=O)Cc2ccccc2-c2[nH]ncc21. The Morgan fingerprint density at radius 1 is 1.27 bits per heavy atom. The van der Waals surface area contributed by atoms with Crippen molar-refractivity contribution in [2.24, 2.45) is 0 Å². The molecule has 2 aromatic rings. The van der Waals surface area contributed by atoms with Crippen LogP contribution in [-0.4, -0.2) is 18.6 Å². The molecule has 1 aliphatic heterocycles. The quantitative estimate of drug-likeness (QED) is 0.729. The molecule has 0 aliphatic carbocycles. The lowest BCUT2D eigenvalue weighted by atomic mass is 10.1. The smallest absolute Gasteiger partial charge is 0.186 e. The number of hydrogen-bond donors (Lipinski definition) is 1. The Bertz CT molecular complexity index is 628. The lowest BCUT2D eigenvalue weighted by molar-refractivity contribution is 0.595. The third-order valence-electron chi connectivity index (χ3n) is 2.57. The molecule has 1 aromatic carbocycles. The predicted octanol–water partition coefficient (Wildman–Crippen LogP) is 1.36. The van der Waals surface area contributed by atoms with Crippen molar-refractivity contribution in [2.45, 2.75) is 10.6 Å². The van der Waals surface area contributed by atoms with Crippen molar-refractivity contribution in [1.29, 1.82) is 0 Å². The number of H-pyrrole nitrogens is 1. The van der Waals surface area contributed by atoms with Gasteiger partial charge in [-0.1, -0.05) is 24.3 Å². The zero-order chi connectivity index (χ0) is 10.5. The molecule has 2 heterocycles. The largest absolute Gasteiger partial charge is 0.276 e. The van der Waals surface area contributed by atoms with Crippen LogP contribution in [-0.2, 0) is 15.6 Å². The van der Waals surface area contributed by atoms with Crippen molar-refractivity contribution in [3.05, 3.63) is 36.0 Å². The van der Waals surface area contributed by atoms with Gasteiger partial charge in [-0.15, -0.1) is 0 Å². The van der Waals surface area contributed by atoms with Gasteiger partial charge in [0.1, 0.15) is 4.90 Å². The van der Waals surface area contributed by atoms with Crippen LogP contribution in [0.25, 0.3) is 11.3 Å². The lowest BCUT2D eigenvalue weighted by Crippen LogP contribution is -2.11. The first-order valence-electron chi connectivity index (χ1n) is 4.53. The van der Waals surface area contributed by atoms with E-state index in [9.17, 15) is 8.42 Å². The van der Waals surface area contributed by atoms with Crippen LogP contribution in [0.3, 0.4) is 0 Å². The van der Waals surface area contributed by atoms with E-state index < -0.39 is 9.84 Å². The van der Waals surface area contributed by atoms with E-state index in [0.717, 1.165) is 11.1 Å². The van der Waals surface area contributed by atoms with Gasteiger partial charge in [0.15, 0.2) is 9.84 Å². The Morgan fingerprint density at radius 2 is 2.07 bits per heavy atom. The van der Waals surface area contributed by atoms with Crippen LogP contribution in [0.15, 0.2) is 35.4 Å². The van der Waals surface area contributed by atoms with E-state index in [1.807, 2.05) is 24.3 Å². The zero-order valence-electron chi connectivity index (χ0n) is 7.77. The first-order valence-corrected chi connectivity index (χ1v) is 6.18. The number of benzene rings is 1. The van der Waals surface area contributed by atoms with E-state index in [2.05, 4.69) is 10.2 Å². The summed E-state index contributed by atoms with van der Waals surface area (Å²) in [5, 5.41) is 6.53. The standard InChI is InChI=1S/C10H8N2O2S/c13-15(14)6-7-3-1-2-4-8(7)10-9(15)5-11-12-10/h1-5H,6H2,(H,11,12). The average molecular weight is 220 g/mol. The molecule has 0 bridgehead atoms. The highest BCUT2D eigenvalue weighted by Crippen LogP contribution is 2.35. The van der Waals surface area contributed by atoms with Crippen LogP contribution in [0.1, 0.15) is 5.56 Å². The third-order valence-corrected chi connectivity index (χ3v) is 4.24. The van der Waals surface area contributed by atoms with E-state index in [4.69, 9.17) is 0 Å². The number of aromatic amines is 1. The van der Waals surface area contributed by atoms with E-state index in [1.54, 1.807) is 0 Å². The monoisotopic (exact) mass is 220 g/mol. The molecule has 0 spiro atoms. The van der Waals surface area contributed by atoms with E-state index in [0.29, 0.717) is 10.6 Å². The first kappa shape index (κ1) is 8.67. The molecule has 0 fully saturated rings. The summed E-state index contributed by atoms with van der Waals surface area (Å²) in [5.74, 6) is 0.0652. The summed E-state index contributed by atoms with van der Waals surface area (Å²) in [6, 6.07) is 7.47. The molecule has 0 atom stereocenters. The minimum atomic E-state index is -3.21. The van der Waals surface area contributed by atoms with Gasteiger partial charge in [-0.3, -0.25) is 5.10 Å². The first-order chi connectivity index (χ1) is 7.18. The van der Waals surface area contributed by atoms with Crippen molar-refractivity contribution >= 4 is 9.84 Å². The Balaban J connectivity index is 2.42. The summed E-state index contributed by atoms with van der Waals surface area (Å²) in [6.45, 7) is 0. The van der Waals surface area contributed by atoms with Gasteiger partial charge < -0.3 is 0 Å². The van der Waals surface area contributed by atoms with Crippen molar-refractivity contribution in [3.8, 4) is 11.3 Å². The fourth-order valence-corrected chi connectivity index (χ4v) is 3.37. The van der Waals surface area contributed by atoms with E-state index >= 15 is 0 Å². The molecule has 4 nitrogen and oxygen atoms in total. The summed E-state index contributed by atoms with van der Waals surface area (Å²) in [7, 11) is -3.21. The Hall–Kier alpha value is -1.62. The Kier molecular flexibility index (Phi) is 1.56. The molecule has 1 aromatic heterocycles. The molecule has 76 valence electrons. The van der Waals surface area contributed by atoms with Gasteiger partial charge in [0.2, 0.25) is 0 Å². The minimum absolute atomic E-state index is 0.0652. The second kappa shape index (κ2) is 2.70. The van der Waals surface area contributed by atoms with Crippen LogP contribution in [0, 0.1) is 0 Å². The average Bonchev–Trinajstić information content (AvgIpc) is 2.66. The lowest BCUT2D eigenvalue weighted by Gasteiger charge is -2.15. The summed E-state index contributed by atoms with van der Waals surface area (Å²) in [6.07, 6.45) is 1.38. The van der Waals surface area contributed by atoms with Crippen LogP contribution in [0.5, 0.6) is 0 Å². The second-order valence-corrected chi connectivity index (χ2v) is 5.48. The van der Waals surface area contributed by atoms with Crippen LogP contribution in [0.4, 0.5) is 0 Å². The highest BCUT2D eigenvalue weighted by Gasteiger charge is 2.29.